The molecular weight excluding hydrogens is 188 g/mol. The number of nitrogens with two attached hydrogens (primary N) is 1. The number of nitrogens with zero attached hydrogens (tertiary/aromatic N) is 1. The average Bonchev–Trinajstić information content (AvgIpc) is 2.09. The largest absolute Gasteiger partial charge is 0.378 e. The van der Waals surface area contributed by atoms with Crippen molar-refractivity contribution >= 4 is 0 Å². The number of ether oxygens (including phenoxy) is 1. The van der Waals surface area contributed by atoms with Gasteiger partial charge < -0.3 is 10.5 Å². The number of hydrogen-bond acceptors (Lipinski definition) is 3. The van der Waals surface area contributed by atoms with Gasteiger partial charge in [0, 0.05) is 25.2 Å². The quantitative estimate of drug-likeness (QED) is 0.727. The van der Waals surface area contributed by atoms with E-state index in [0.717, 1.165) is 32.5 Å². The lowest BCUT2D eigenvalue weighted by Gasteiger charge is -2.52. The number of rotatable bonds is 6. The first-order chi connectivity index (χ1) is 7.04. The SMILES string of the molecule is CCOC1CC(CN)(N(C)CC(C)C)C1. The smallest absolute Gasteiger partial charge is 0.0611 e. The molecular formula is C12H26N2O. The van der Waals surface area contributed by atoms with Crippen LogP contribution in [-0.4, -0.2) is 43.3 Å². The molecule has 0 amide bonds. The highest BCUT2D eigenvalue weighted by Gasteiger charge is 2.46. The average molecular weight is 214 g/mol. The molecule has 0 saturated heterocycles. The van der Waals surface area contributed by atoms with Crippen molar-refractivity contribution in [2.24, 2.45) is 11.7 Å². The molecule has 3 nitrogen and oxygen atoms in total. The molecule has 0 heterocycles. The Hall–Kier alpha value is -0.120. The molecule has 1 saturated carbocycles. The Kier molecular flexibility index (Phi) is 4.56. The Morgan fingerprint density at radius 3 is 2.47 bits per heavy atom. The maximum absolute atomic E-state index is 5.91. The molecule has 0 spiro atoms. The Morgan fingerprint density at radius 1 is 1.47 bits per heavy atom. The Balaban J connectivity index is 2.43. The monoisotopic (exact) mass is 214 g/mol. The van der Waals surface area contributed by atoms with E-state index in [1.165, 1.54) is 0 Å². The molecule has 1 rings (SSSR count). The van der Waals surface area contributed by atoms with Gasteiger partial charge >= 0.3 is 0 Å². The summed E-state index contributed by atoms with van der Waals surface area (Å²) in [6.45, 7) is 9.24. The summed E-state index contributed by atoms with van der Waals surface area (Å²) < 4.78 is 5.61. The van der Waals surface area contributed by atoms with E-state index >= 15 is 0 Å². The summed E-state index contributed by atoms with van der Waals surface area (Å²) in [7, 11) is 2.19. The van der Waals surface area contributed by atoms with Crippen LogP contribution in [0.5, 0.6) is 0 Å². The highest BCUT2D eigenvalue weighted by atomic mass is 16.5. The van der Waals surface area contributed by atoms with E-state index < -0.39 is 0 Å². The second-order valence-corrected chi connectivity index (χ2v) is 5.19. The summed E-state index contributed by atoms with van der Waals surface area (Å²) >= 11 is 0. The van der Waals surface area contributed by atoms with E-state index in [-0.39, 0.29) is 5.54 Å². The molecule has 3 heteroatoms. The second-order valence-electron chi connectivity index (χ2n) is 5.19. The van der Waals surface area contributed by atoms with Gasteiger partial charge in [0.1, 0.15) is 0 Å². The summed E-state index contributed by atoms with van der Waals surface area (Å²) in [6, 6.07) is 0. The van der Waals surface area contributed by atoms with Crippen LogP contribution >= 0.6 is 0 Å². The van der Waals surface area contributed by atoms with Crippen molar-refractivity contribution in [2.75, 3.05) is 26.7 Å². The lowest BCUT2D eigenvalue weighted by atomic mass is 9.72. The minimum absolute atomic E-state index is 0.212. The molecule has 0 bridgehead atoms. The van der Waals surface area contributed by atoms with Crippen molar-refractivity contribution < 1.29 is 4.74 Å². The fourth-order valence-corrected chi connectivity index (χ4v) is 2.52. The summed E-state index contributed by atoms with van der Waals surface area (Å²) in [5.74, 6) is 0.699. The molecule has 0 radical (unpaired) electrons. The van der Waals surface area contributed by atoms with Crippen LogP contribution in [0.25, 0.3) is 0 Å². The molecule has 0 aliphatic heterocycles. The van der Waals surface area contributed by atoms with Crippen LogP contribution in [0.2, 0.25) is 0 Å². The van der Waals surface area contributed by atoms with Crippen LogP contribution in [0.3, 0.4) is 0 Å². The zero-order chi connectivity index (χ0) is 11.5. The van der Waals surface area contributed by atoms with E-state index in [2.05, 4.69) is 32.7 Å². The molecule has 1 fully saturated rings. The zero-order valence-electron chi connectivity index (χ0n) is 10.6. The van der Waals surface area contributed by atoms with Crippen molar-refractivity contribution in [3.8, 4) is 0 Å². The maximum atomic E-state index is 5.91. The minimum Gasteiger partial charge on any atom is -0.378 e. The van der Waals surface area contributed by atoms with Crippen molar-refractivity contribution in [1.29, 1.82) is 0 Å². The van der Waals surface area contributed by atoms with E-state index in [0.29, 0.717) is 12.0 Å². The zero-order valence-corrected chi connectivity index (χ0v) is 10.6. The van der Waals surface area contributed by atoms with Crippen molar-refractivity contribution in [3.63, 3.8) is 0 Å². The molecule has 90 valence electrons. The van der Waals surface area contributed by atoms with Gasteiger partial charge in [-0.3, -0.25) is 4.90 Å². The van der Waals surface area contributed by atoms with E-state index in [1.54, 1.807) is 0 Å². The molecule has 1 aliphatic carbocycles. The first-order valence-electron chi connectivity index (χ1n) is 6.07. The highest BCUT2D eigenvalue weighted by molar-refractivity contribution is 5.03. The predicted molar refractivity (Wildman–Crippen MR) is 63.9 cm³/mol. The third kappa shape index (κ3) is 2.92. The van der Waals surface area contributed by atoms with Crippen LogP contribution in [0.4, 0.5) is 0 Å². The van der Waals surface area contributed by atoms with Crippen molar-refractivity contribution in [3.05, 3.63) is 0 Å². The van der Waals surface area contributed by atoms with E-state index in [4.69, 9.17) is 10.5 Å². The summed E-state index contributed by atoms with van der Waals surface area (Å²) in [5.41, 5.74) is 6.12. The summed E-state index contributed by atoms with van der Waals surface area (Å²) in [6.07, 6.45) is 2.63. The lowest BCUT2D eigenvalue weighted by molar-refractivity contribution is -0.0945. The standard InChI is InChI=1S/C12H26N2O/c1-5-15-11-6-12(7-11,9-13)14(4)8-10(2)3/h10-11H,5-9,13H2,1-4H3. The Labute approximate surface area is 94.0 Å². The molecule has 0 aromatic carbocycles. The summed E-state index contributed by atoms with van der Waals surface area (Å²) in [4.78, 5) is 2.42. The van der Waals surface area contributed by atoms with Crippen LogP contribution in [0.1, 0.15) is 33.6 Å². The molecule has 0 aromatic rings. The van der Waals surface area contributed by atoms with Gasteiger partial charge in [-0.1, -0.05) is 13.8 Å². The van der Waals surface area contributed by atoms with Gasteiger partial charge in [0.25, 0.3) is 0 Å². The van der Waals surface area contributed by atoms with Gasteiger partial charge in [-0.05, 0) is 32.7 Å². The minimum atomic E-state index is 0.212. The van der Waals surface area contributed by atoms with Gasteiger partial charge in [-0.15, -0.1) is 0 Å². The number of likely N-dealkylation sites (N-methyl/N-ethyl adjacent to an activating group) is 1. The van der Waals surface area contributed by atoms with Gasteiger partial charge in [0.2, 0.25) is 0 Å². The molecule has 0 unspecified atom stereocenters. The lowest BCUT2D eigenvalue weighted by Crippen LogP contribution is -2.63. The van der Waals surface area contributed by atoms with Crippen LogP contribution < -0.4 is 5.73 Å². The molecule has 2 N–H and O–H groups in total. The number of hydrogen-bond donors (Lipinski definition) is 1. The first-order valence-corrected chi connectivity index (χ1v) is 6.07. The molecule has 1 aliphatic rings. The third-order valence-electron chi connectivity index (χ3n) is 3.45. The maximum Gasteiger partial charge on any atom is 0.0611 e. The highest BCUT2D eigenvalue weighted by Crippen LogP contribution is 2.38. The van der Waals surface area contributed by atoms with E-state index in [1.807, 2.05) is 0 Å². The summed E-state index contributed by atoms with van der Waals surface area (Å²) in [5, 5.41) is 0. The van der Waals surface area contributed by atoms with Crippen LogP contribution in [0, 0.1) is 5.92 Å². The van der Waals surface area contributed by atoms with Crippen LogP contribution in [0.15, 0.2) is 0 Å². The van der Waals surface area contributed by atoms with Crippen molar-refractivity contribution in [2.45, 2.75) is 45.3 Å². The van der Waals surface area contributed by atoms with Gasteiger partial charge in [0.05, 0.1) is 6.10 Å². The molecule has 0 atom stereocenters. The van der Waals surface area contributed by atoms with Gasteiger partial charge in [-0.2, -0.15) is 0 Å². The predicted octanol–water partition coefficient (Wildman–Crippen LogP) is 1.47. The van der Waals surface area contributed by atoms with Crippen LogP contribution in [-0.2, 0) is 4.74 Å². The second kappa shape index (κ2) is 5.28. The van der Waals surface area contributed by atoms with Gasteiger partial charge in [0.15, 0.2) is 0 Å². The Morgan fingerprint density at radius 2 is 2.07 bits per heavy atom. The normalized spacial score (nSPS) is 31.0. The first kappa shape index (κ1) is 12.9. The fourth-order valence-electron chi connectivity index (χ4n) is 2.52. The fraction of sp³-hybridized carbons (Fsp3) is 1.00. The molecule has 0 aromatic heterocycles. The molecule has 15 heavy (non-hydrogen) atoms. The van der Waals surface area contributed by atoms with E-state index in [9.17, 15) is 0 Å². The third-order valence-corrected chi connectivity index (χ3v) is 3.45. The Bertz CT molecular complexity index is 188. The van der Waals surface area contributed by atoms with Gasteiger partial charge in [-0.25, -0.2) is 0 Å². The van der Waals surface area contributed by atoms with Crippen molar-refractivity contribution in [1.82, 2.24) is 4.90 Å². The topological polar surface area (TPSA) is 38.5 Å².